The van der Waals surface area contributed by atoms with Crippen LogP contribution in [-0.2, 0) is 9.59 Å². The smallest absolute Gasteiger partial charge is 0.307 e. The molecule has 1 amide bonds. The summed E-state index contributed by atoms with van der Waals surface area (Å²) in [5, 5.41) is 12.0. The fourth-order valence-electron chi connectivity index (χ4n) is 2.51. The zero-order chi connectivity index (χ0) is 13.8. The summed E-state index contributed by atoms with van der Waals surface area (Å²) in [5.41, 5.74) is 0.722. The van der Waals surface area contributed by atoms with Gasteiger partial charge in [-0.25, -0.2) is 0 Å². The fourth-order valence-corrected chi connectivity index (χ4v) is 2.87. The van der Waals surface area contributed by atoms with Gasteiger partial charge in [-0.15, -0.1) is 0 Å². The summed E-state index contributed by atoms with van der Waals surface area (Å²) in [6.07, 6.45) is 3.08. The maximum absolute atomic E-state index is 12.2. The number of carbonyl (C=O) groups is 2. The van der Waals surface area contributed by atoms with Crippen LogP contribution in [0.1, 0.15) is 25.7 Å². The predicted octanol–water partition coefficient (Wildman–Crippen LogP) is 3.12. The third kappa shape index (κ3) is 3.68. The van der Waals surface area contributed by atoms with Crippen LogP contribution >= 0.6 is 22.6 Å². The van der Waals surface area contributed by atoms with E-state index in [-0.39, 0.29) is 5.91 Å². The van der Waals surface area contributed by atoms with Gasteiger partial charge in [-0.2, -0.15) is 0 Å². The third-order valence-corrected chi connectivity index (χ3v) is 4.25. The third-order valence-electron chi connectivity index (χ3n) is 3.53. The number of carbonyl (C=O) groups excluding carboxylic acids is 1. The second kappa shape index (κ2) is 6.36. The molecule has 1 aliphatic rings. The summed E-state index contributed by atoms with van der Waals surface area (Å²) in [4.78, 5) is 23.4. The zero-order valence-electron chi connectivity index (χ0n) is 10.4. The van der Waals surface area contributed by atoms with Gasteiger partial charge in [0.25, 0.3) is 0 Å². The lowest BCUT2D eigenvalue weighted by molar-refractivity contribution is -0.147. The number of hydrogen-bond acceptors (Lipinski definition) is 2. The molecule has 2 N–H and O–H groups in total. The first kappa shape index (κ1) is 14.3. The van der Waals surface area contributed by atoms with Gasteiger partial charge in [0, 0.05) is 9.26 Å². The van der Waals surface area contributed by atoms with Gasteiger partial charge in [-0.05, 0) is 59.7 Å². The number of hydrogen-bond donors (Lipinski definition) is 2. The Morgan fingerprint density at radius 2 is 1.68 bits per heavy atom. The minimum Gasteiger partial charge on any atom is -0.481 e. The van der Waals surface area contributed by atoms with E-state index in [1.165, 1.54) is 0 Å². The van der Waals surface area contributed by atoms with Crippen molar-refractivity contribution in [1.82, 2.24) is 0 Å². The molecule has 1 saturated carbocycles. The van der Waals surface area contributed by atoms with Gasteiger partial charge >= 0.3 is 5.97 Å². The summed E-state index contributed by atoms with van der Waals surface area (Å²) >= 11 is 2.19. The van der Waals surface area contributed by atoms with Crippen molar-refractivity contribution in [3.05, 3.63) is 27.8 Å². The first-order valence-corrected chi connectivity index (χ1v) is 7.45. The van der Waals surface area contributed by atoms with E-state index < -0.39 is 17.8 Å². The van der Waals surface area contributed by atoms with Crippen LogP contribution in [-0.4, -0.2) is 17.0 Å². The number of amides is 1. The molecule has 5 heteroatoms. The van der Waals surface area contributed by atoms with Crippen molar-refractivity contribution < 1.29 is 14.7 Å². The van der Waals surface area contributed by atoms with Crippen LogP contribution in [0.15, 0.2) is 24.3 Å². The number of carboxylic acids is 1. The van der Waals surface area contributed by atoms with E-state index in [0.717, 1.165) is 22.1 Å². The van der Waals surface area contributed by atoms with E-state index in [1.54, 1.807) is 0 Å². The average molecular weight is 373 g/mol. The molecule has 1 aromatic rings. The Bertz CT molecular complexity index is 472. The minimum absolute atomic E-state index is 0.173. The Kier molecular flexibility index (Phi) is 4.79. The van der Waals surface area contributed by atoms with Gasteiger partial charge in [0.2, 0.25) is 5.91 Å². The maximum Gasteiger partial charge on any atom is 0.307 e. The van der Waals surface area contributed by atoms with Crippen molar-refractivity contribution in [2.24, 2.45) is 11.8 Å². The van der Waals surface area contributed by atoms with Crippen molar-refractivity contribution in [1.29, 1.82) is 0 Å². The summed E-state index contributed by atoms with van der Waals surface area (Å²) in [6.45, 7) is 0. The van der Waals surface area contributed by atoms with Crippen molar-refractivity contribution in [3.63, 3.8) is 0 Å². The van der Waals surface area contributed by atoms with Crippen molar-refractivity contribution in [2.75, 3.05) is 5.32 Å². The largest absolute Gasteiger partial charge is 0.481 e. The molecule has 0 spiro atoms. The van der Waals surface area contributed by atoms with Crippen LogP contribution in [0.5, 0.6) is 0 Å². The Morgan fingerprint density at radius 3 is 2.26 bits per heavy atom. The molecule has 0 unspecified atom stereocenters. The molecule has 4 nitrogen and oxygen atoms in total. The summed E-state index contributed by atoms with van der Waals surface area (Å²) in [6, 6.07) is 7.48. The van der Waals surface area contributed by atoms with Crippen molar-refractivity contribution in [3.8, 4) is 0 Å². The molecular formula is C14H16INO3. The highest BCUT2D eigenvalue weighted by atomic mass is 127. The molecule has 0 bridgehead atoms. The molecular weight excluding hydrogens is 357 g/mol. The van der Waals surface area contributed by atoms with Crippen LogP contribution in [0, 0.1) is 15.4 Å². The van der Waals surface area contributed by atoms with Gasteiger partial charge in [0.05, 0.1) is 11.8 Å². The van der Waals surface area contributed by atoms with Crippen LogP contribution in [0.3, 0.4) is 0 Å². The van der Waals surface area contributed by atoms with Gasteiger partial charge in [-0.1, -0.05) is 12.8 Å². The highest BCUT2D eigenvalue weighted by Gasteiger charge is 2.35. The quantitative estimate of drug-likeness (QED) is 0.801. The fraction of sp³-hybridized carbons (Fsp3) is 0.429. The number of carboxylic acid groups (broad SMARTS) is 1. The van der Waals surface area contributed by atoms with Gasteiger partial charge < -0.3 is 10.4 Å². The lowest BCUT2D eigenvalue weighted by atomic mass is 9.78. The molecule has 0 heterocycles. The normalized spacial score (nSPS) is 22.8. The number of aliphatic carboxylic acids is 1. The monoisotopic (exact) mass is 373 g/mol. The Balaban J connectivity index is 2.05. The molecule has 0 saturated heterocycles. The highest BCUT2D eigenvalue weighted by Crippen LogP contribution is 2.31. The number of halogens is 1. The number of rotatable bonds is 3. The van der Waals surface area contributed by atoms with Crippen LogP contribution < -0.4 is 5.32 Å². The standard InChI is InChI=1S/C14H16INO3/c15-9-5-7-10(8-6-9)16-13(17)11-3-1-2-4-12(11)14(18)19/h5-8,11-12H,1-4H2,(H,16,17)(H,18,19)/t11-,12+/m0/s1. The number of anilines is 1. The molecule has 1 aromatic carbocycles. The van der Waals surface area contributed by atoms with Crippen molar-refractivity contribution in [2.45, 2.75) is 25.7 Å². The Morgan fingerprint density at radius 1 is 1.11 bits per heavy atom. The van der Waals surface area contributed by atoms with Crippen LogP contribution in [0.4, 0.5) is 5.69 Å². The number of benzene rings is 1. The van der Waals surface area contributed by atoms with Gasteiger partial charge in [-0.3, -0.25) is 9.59 Å². The SMILES string of the molecule is O=C(Nc1ccc(I)cc1)[C@H]1CCCC[C@H]1C(=O)O. The number of nitrogens with one attached hydrogen (secondary N) is 1. The molecule has 0 radical (unpaired) electrons. The summed E-state index contributed by atoms with van der Waals surface area (Å²) in [7, 11) is 0. The van der Waals surface area contributed by atoms with E-state index in [4.69, 9.17) is 0 Å². The second-order valence-electron chi connectivity index (χ2n) is 4.83. The average Bonchev–Trinajstić information content (AvgIpc) is 2.41. The lowest BCUT2D eigenvalue weighted by Crippen LogP contribution is -2.36. The summed E-state index contributed by atoms with van der Waals surface area (Å²) < 4.78 is 1.09. The topological polar surface area (TPSA) is 66.4 Å². The molecule has 0 aliphatic heterocycles. The predicted molar refractivity (Wildman–Crippen MR) is 80.9 cm³/mol. The van der Waals surface area contributed by atoms with Gasteiger partial charge in [0.1, 0.15) is 0 Å². The first-order valence-electron chi connectivity index (χ1n) is 6.37. The molecule has 102 valence electrons. The van der Waals surface area contributed by atoms with E-state index in [2.05, 4.69) is 27.9 Å². The molecule has 2 rings (SSSR count). The van der Waals surface area contributed by atoms with Crippen molar-refractivity contribution >= 4 is 40.2 Å². The van der Waals surface area contributed by atoms with E-state index in [1.807, 2.05) is 24.3 Å². The Labute approximate surface area is 125 Å². The summed E-state index contributed by atoms with van der Waals surface area (Å²) in [5.74, 6) is -1.99. The minimum atomic E-state index is -0.859. The van der Waals surface area contributed by atoms with E-state index in [9.17, 15) is 14.7 Å². The van der Waals surface area contributed by atoms with E-state index in [0.29, 0.717) is 12.8 Å². The Hall–Kier alpha value is -1.11. The first-order chi connectivity index (χ1) is 9.08. The highest BCUT2D eigenvalue weighted by molar-refractivity contribution is 14.1. The molecule has 0 aromatic heterocycles. The van der Waals surface area contributed by atoms with Gasteiger partial charge in [0.15, 0.2) is 0 Å². The second-order valence-corrected chi connectivity index (χ2v) is 6.08. The van der Waals surface area contributed by atoms with E-state index >= 15 is 0 Å². The maximum atomic E-state index is 12.2. The van der Waals surface area contributed by atoms with Crippen LogP contribution in [0.2, 0.25) is 0 Å². The molecule has 19 heavy (non-hydrogen) atoms. The lowest BCUT2D eigenvalue weighted by Gasteiger charge is -2.27. The molecule has 1 fully saturated rings. The molecule has 1 aliphatic carbocycles. The zero-order valence-corrected chi connectivity index (χ0v) is 12.6. The molecule has 2 atom stereocenters. The van der Waals surface area contributed by atoms with Crippen LogP contribution in [0.25, 0.3) is 0 Å².